The lowest BCUT2D eigenvalue weighted by Crippen LogP contribution is -2.36. The largest absolute Gasteiger partial charge is 0.339 e. The van der Waals surface area contributed by atoms with Crippen LogP contribution in [0.25, 0.3) is 0 Å². The molecule has 1 aliphatic rings. The molecule has 2 aromatic rings. The summed E-state index contributed by atoms with van der Waals surface area (Å²) in [5, 5.41) is 13.4. The van der Waals surface area contributed by atoms with Crippen LogP contribution in [0.4, 0.5) is 11.4 Å². The van der Waals surface area contributed by atoms with Gasteiger partial charge in [0, 0.05) is 30.8 Å². The average Bonchev–Trinajstić information content (AvgIpc) is 2.68. The van der Waals surface area contributed by atoms with Gasteiger partial charge in [0.15, 0.2) is 0 Å². The smallest absolute Gasteiger partial charge is 0.269 e. The standard InChI is InChI=1S/C19H19N3O4/c23-18(14-8-10-15(11-9-14)22(25)26)20-17-7-3-2-6-16(17)19(24)21-12-4-1-5-13-21/h2-3,6-11H,1,4-5,12-13H2,(H,20,23). The Labute approximate surface area is 150 Å². The summed E-state index contributed by atoms with van der Waals surface area (Å²) >= 11 is 0. The number of benzene rings is 2. The zero-order chi connectivity index (χ0) is 18.5. The van der Waals surface area contributed by atoms with Crippen LogP contribution >= 0.6 is 0 Å². The van der Waals surface area contributed by atoms with E-state index in [-0.39, 0.29) is 17.2 Å². The summed E-state index contributed by atoms with van der Waals surface area (Å²) in [6.07, 6.45) is 3.11. The molecule has 1 fully saturated rings. The lowest BCUT2D eigenvalue weighted by molar-refractivity contribution is -0.384. The molecule has 7 nitrogen and oxygen atoms in total. The molecule has 0 bridgehead atoms. The Morgan fingerprint density at radius 3 is 2.27 bits per heavy atom. The van der Waals surface area contributed by atoms with Crippen LogP contribution in [0, 0.1) is 10.1 Å². The van der Waals surface area contributed by atoms with Gasteiger partial charge in [-0.2, -0.15) is 0 Å². The Hall–Kier alpha value is -3.22. The van der Waals surface area contributed by atoms with E-state index in [0.29, 0.717) is 11.3 Å². The van der Waals surface area contributed by atoms with E-state index in [2.05, 4.69) is 5.32 Å². The van der Waals surface area contributed by atoms with Crippen LogP contribution in [-0.4, -0.2) is 34.7 Å². The quantitative estimate of drug-likeness (QED) is 0.673. The van der Waals surface area contributed by atoms with Crippen molar-refractivity contribution < 1.29 is 14.5 Å². The third-order valence-electron chi connectivity index (χ3n) is 4.39. The maximum absolute atomic E-state index is 12.8. The number of hydrogen-bond acceptors (Lipinski definition) is 4. The van der Waals surface area contributed by atoms with Crippen molar-refractivity contribution in [1.82, 2.24) is 4.90 Å². The first kappa shape index (κ1) is 17.6. The van der Waals surface area contributed by atoms with Crippen molar-refractivity contribution in [3.05, 3.63) is 69.8 Å². The number of carbonyl (C=O) groups is 2. The lowest BCUT2D eigenvalue weighted by atomic mass is 10.1. The van der Waals surface area contributed by atoms with Crippen LogP contribution in [0.3, 0.4) is 0 Å². The number of nitro benzene ring substituents is 1. The highest BCUT2D eigenvalue weighted by molar-refractivity contribution is 6.09. The van der Waals surface area contributed by atoms with Crippen molar-refractivity contribution in [3.8, 4) is 0 Å². The number of para-hydroxylation sites is 1. The molecule has 134 valence electrons. The van der Waals surface area contributed by atoms with E-state index in [1.807, 2.05) is 0 Å². The number of anilines is 1. The highest BCUT2D eigenvalue weighted by atomic mass is 16.6. The molecular formula is C19H19N3O4. The zero-order valence-electron chi connectivity index (χ0n) is 14.2. The number of carbonyl (C=O) groups excluding carboxylic acids is 2. The Bertz CT molecular complexity index is 827. The Balaban J connectivity index is 1.78. The van der Waals surface area contributed by atoms with Gasteiger partial charge in [0.2, 0.25) is 0 Å². The van der Waals surface area contributed by atoms with Gasteiger partial charge in [-0.05, 0) is 43.5 Å². The third-order valence-corrected chi connectivity index (χ3v) is 4.39. The predicted molar refractivity (Wildman–Crippen MR) is 97.2 cm³/mol. The zero-order valence-corrected chi connectivity index (χ0v) is 14.2. The number of non-ortho nitro benzene ring substituents is 1. The molecule has 0 saturated carbocycles. The molecule has 2 aromatic carbocycles. The molecule has 0 spiro atoms. The van der Waals surface area contributed by atoms with Gasteiger partial charge in [-0.3, -0.25) is 19.7 Å². The van der Waals surface area contributed by atoms with Crippen LogP contribution in [0.1, 0.15) is 40.0 Å². The Kier molecular flexibility index (Phi) is 5.26. The number of amides is 2. The summed E-state index contributed by atoms with van der Waals surface area (Å²) in [7, 11) is 0. The van der Waals surface area contributed by atoms with E-state index < -0.39 is 10.8 Å². The Morgan fingerprint density at radius 2 is 1.62 bits per heavy atom. The lowest BCUT2D eigenvalue weighted by Gasteiger charge is -2.27. The SMILES string of the molecule is O=C(Nc1ccccc1C(=O)N1CCCCC1)c1ccc([N+](=O)[O-])cc1. The fourth-order valence-electron chi connectivity index (χ4n) is 2.97. The second-order valence-corrected chi connectivity index (χ2v) is 6.16. The van der Waals surface area contributed by atoms with Crippen molar-refractivity contribution in [2.24, 2.45) is 0 Å². The van der Waals surface area contributed by atoms with Gasteiger partial charge in [-0.1, -0.05) is 12.1 Å². The van der Waals surface area contributed by atoms with E-state index in [1.165, 1.54) is 24.3 Å². The second-order valence-electron chi connectivity index (χ2n) is 6.16. The fourth-order valence-corrected chi connectivity index (χ4v) is 2.97. The molecule has 0 unspecified atom stereocenters. The maximum atomic E-state index is 12.8. The minimum absolute atomic E-state index is 0.0813. The van der Waals surface area contributed by atoms with Gasteiger partial charge in [0.1, 0.15) is 0 Å². The van der Waals surface area contributed by atoms with E-state index >= 15 is 0 Å². The van der Waals surface area contributed by atoms with E-state index in [1.54, 1.807) is 29.2 Å². The molecule has 1 heterocycles. The molecular weight excluding hydrogens is 334 g/mol. The average molecular weight is 353 g/mol. The van der Waals surface area contributed by atoms with Crippen molar-refractivity contribution in [2.75, 3.05) is 18.4 Å². The second kappa shape index (κ2) is 7.77. The van der Waals surface area contributed by atoms with Crippen molar-refractivity contribution >= 4 is 23.2 Å². The monoisotopic (exact) mass is 353 g/mol. The van der Waals surface area contributed by atoms with Gasteiger partial charge in [-0.15, -0.1) is 0 Å². The molecule has 0 radical (unpaired) electrons. The first-order valence-corrected chi connectivity index (χ1v) is 8.50. The Morgan fingerprint density at radius 1 is 0.962 bits per heavy atom. The van der Waals surface area contributed by atoms with Crippen molar-refractivity contribution in [1.29, 1.82) is 0 Å². The van der Waals surface area contributed by atoms with Gasteiger partial charge in [0.25, 0.3) is 17.5 Å². The molecule has 0 aliphatic carbocycles. The minimum Gasteiger partial charge on any atom is -0.339 e. The highest BCUT2D eigenvalue weighted by Gasteiger charge is 2.21. The maximum Gasteiger partial charge on any atom is 0.269 e. The topological polar surface area (TPSA) is 92.6 Å². The normalized spacial score (nSPS) is 13.9. The number of likely N-dealkylation sites (tertiary alicyclic amines) is 1. The molecule has 26 heavy (non-hydrogen) atoms. The van der Waals surface area contributed by atoms with Crippen LogP contribution in [0.5, 0.6) is 0 Å². The number of nitrogens with zero attached hydrogens (tertiary/aromatic N) is 2. The van der Waals surface area contributed by atoms with Crippen LogP contribution in [0.2, 0.25) is 0 Å². The molecule has 1 N–H and O–H groups in total. The first-order valence-electron chi connectivity index (χ1n) is 8.50. The van der Waals surface area contributed by atoms with Crippen LogP contribution in [0.15, 0.2) is 48.5 Å². The third kappa shape index (κ3) is 3.88. The van der Waals surface area contributed by atoms with Gasteiger partial charge in [0.05, 0.1) is 16.2 Å². The fraction of sp³-hybridized carbons (Fsp3) is 0.263. The van der Waals surface area contributed by atoms with E-state index in [9.17, 15) is 19.7 Å². The highest BCUT2D eigenvalue weighted by Crippen LogP contribution is 2.21. The number of nitrogens with one attached hydrogen (secondary N) is 1. The molecule has 0 aromatic heterocycles. The van der Waals surface area contributed by atoms with Crippen LogP contribution in [-0.2, 0) is 0 Å². The van der Waals surface area contributed by atoms with Crippen molar-refractivity contribution in [2.45, 2.75) is 19.3 Å². The van der Waals surface area contributed by atoms with E-state index in [0.717, 1.165) is 32.4 Å². The van der Waals surface area contributed by atoms with Gasteiger partial charge < -0.3 is 10.2 Å². The molecule has 3 rings (SSSR count). The summed E-state index contributed by atoms with van der Waals surface area (Å²) < 4.78 is 0. The summed E-state index contributed by atoms with van der Waals surface area (Å²) in [6.45, 7) is 1.45. The van der Waals surface area contributed by atoms with E-state index in [4.69, 9.17) is 0 Å². The summed E-state index contributed by atoms with van der Waals surface area (Å²) in [4.78, 5) is 37.2. The molecule has 1 aliphatic heterocycles. The molecule has 2 amide bonds. The van der Waals surface area contributed by atoms with Crippen LogP contribution < -0.4 is 5.32 Å². The number of rotatable bonds is 4. The van der Waals surface area contributed by atoms with Gasteiger partial charge in [-0.25, -0.2) is 0 Å². The number of hydrogen-bond donors (Lipinski definition) is 1. The van der Waals surface area contributed by atoms with Gasteiger partial charge >= 0.3 is 0 Å². The molecule has 7 heteroatoms. The molecule has 0 atom stereocenters. The minimum atomic E-state index is -0.520. The van der Waals surface area contributed by atoms with Crippen molar-refractivity contribution in [3.63, 3.8) is 0 Å². The molecule has 1 saturated heterocycles. The summed E-state index contributed by atoms with van der Waals surface area (Å²) in [5.74, 6) is -0.511. The predicted octanol–water partition coefficient (Wildman–Crippen LogP) is 3.47. The summed E-state index contributed by atoms with van der Waals surface area (Å²) in [5.41, 5.74) is 1.09. The first-order chi connectivity index (χ1) is 12.6. The number of nitro groups is 1. The summed E-state index contributed by atoms with van der Waals surface area (Å²) in [6, 6.07) is 12.2. The number of piperidine rings is 1.